The van der Waals surface area contributed by atoms with Crippen LogP contribution >= 0.6 is 0 Å². The molecule has 11 nitrogen and oxygen atoms in total. The number of halogens is 3. The monoisotopic (exact) mass is 480 g/mol. The van der Waals surface area contributed by atoms with E-state index in [1.54, 1.807) is 35.2 Å². The Morgan fingerprint density at radius 2 is 1.74 bits per heavy atom. The molecule has 2 aromatic carbocycles. The lowest BCUT2D eigenvalue weighted by molar-refractivity contribution is -0.137. The summed E-state index contributed by atoms with van der Waals surface area (Å²) >= 11 is 0. The molecule has 0 radical (unpaired) electrons. The molecule has 0 unspecified atom stereocenters. The zero-order valence-electron chi connectivity index (χ0n) is 17.6. The summed E-state index contributed by atoms with van der Waals surface area (Å²) in [5, 5.41) is 8.96. The SMILES string of the molecule is Nc1ncnc2c1ncn2-c1ccc(NC(=O)Nc2cc(C(F)(F)F)ccc2-n2cncn2)cc1. The number of anilines is 3. The van der Waals surface area contributed by atoms with Crippen LogP contribution in [0.15, 0.2) is 67.8 Å². The molecule has 5 rings (SSSR count). The van der Waals surface area contributed by atoms with Gasteiger partial charge in [-0.25, -0.2) is 29.4 Å². The smallest absolute Gasteiger partial charge is 0.382 e. The van der Waals surface area contributed by atoms with Crippen LogP contribution < -0.4 is 16.4 Å². The van der Waals surface area contributed by atoms with Gasteiger partial charge in [-0.2, -0.15) is 18.3 Å². The van der Waals surface area contributed by atoms with Gasteiger partial charge in [0.2, 0.25) is 0 Å². The van der Waals surface area contributed by atoms with Gasteiger partial charge in [-0.3, -0.25) is 4.57 Å². The Labute approximate surface area is 194 Å². The zero-order valence-corrected chi connectivity index (χ0v) is 17.6. The summed E-state index contributed by atoms with van der Waals surface area (Å²) < 4.78 is 42.6. The lowest BCUT2D eigenvalue weighted by atomic mass is 10.1. The van der Waals surface area contributed by atoms with E-state index in [4.69, 9.17) is 5.73 Å². The van der Waals surface area contributed by atoms with Crippen LogP contribution in [-0.2, 0) is 6.18 Å². The third kappa shape index (κ3) is 4.31. The van der Waals surface area contributed by atoms with Gasteiger partial charge >= 0.3 is 12.2 Å². The van der Waals surface area contributed by atoms with Crippen molar-refractivity contribution in [3.63, 3.8) is 0 Å². The molecule has 4 N–H and O–H groups in total. The third-order valence-corrected chi connectivity index (χ3v) is 5.00. The Morgan fingerprint density at radius 1 is 0.943 bits per heavy atom. The summed E-state index contributed by atoms with van der Waals surface area (Å²) in [5.74, 6) is 0.253. The Hall–Kier alpha value is -5.01. The first-order valence-corrected chi connectivity index (χ1v) is 9.98. The van der Waals surface area contributed by atoms with E-state index in [-0.39, 0.29) is 17.2 Å². The predicted octanol–water partition coefficient (Wildman–Crippen LogP) is 3.64. The largest absolute Gasteiger partial charge is 0.416 e. The topological polar surface area (TPSA) is 141 Å². The number of amides is 2. The molecule has 14 heteroatoms. The second kappa shape index (κ2) is 8.40. The number of aromatic nitrogens is 7. The van der Waals surface area contributed by atoms with Gasteiger partial charge in [0, 0.05) is 11.4 Å². The fraction of sp³-hybridized carbons (Fsp3) is 0.0476. The van der Waals surface area contributed by atoms with E-state index in [0.29, 0.717) is 22.5 Å². The van der Waals surface area contributed by atoms with E-state index in [9.17, 15) is 18.0 Å². The minimum Gasteiger partial charge on any atom is -0.382 e. The number of nitrogens with zero attached hydrogens (tertiary/aromatic N) is 7. The van der Waals surface area contributed by atoms with Crippen molar-refractivity contribution >= 4 is 34.4 Å². The number of hydrogen-bond acceptors (Lipinski definition) is 7. The van der Waals surface area contributed by atoms with Crippen LogP contribution in [0.3, 0.4) is 0 Å². The van der Waals surface area contributed by atoms with E-state index >= 15 is 0 Å². The van der Waals surface area contributed by atoms with E-state index in [0.717, 1.165) is 12.1 Å². The third-order valence-electron chi connectivity index (χ3n) is 5.00. The quantitative estimate of drug-likeness (QED) is 0.357. The lowest BCUT2D eigenvalue weighted by Gasteiger charge is -2.15. The van der Waals surface area contributed by atoms with Gasteiger partial charge in [0.25, 0.3) is 0 Å². The Balaban J connectivity index is 1.36. The fourth-order valence-electron chi connectivity index (χ4n) is 3.38. The maximum Gasteiger partial charge on any atom is 0.416 e. The first-order valence-electron chi connectivity index (χ1n) is 9.98. The van der Waals surface area contributed by atoms with E-state index in [2.05, 4.69) is 35.7 Å². The van der Waals surface area contributed by atoms with Gasteiger partial charge in [0.1, 0.15) is 25.3 Å². The second-order valence-electron chi connectivity index (χ2n) is 7.24. The number of carbonyl (C=O) groups is 1. The van der Waals surface area contributed by atoms with Crippen LogP contribution in [0.25, 0.3) is 22.5 Å². The zero-order chi connectivity index (χ0) is 24.6. The molecule has 0 aliphatic rings. The molecule has 3 heterocycles. The van der Waals surface area contributed by atoms with Crippen molar-refractivity contribution in [3.05, 3.63) is 73.3 Å². The number of benzene rings is 2. The molecule has 2 amide bonds. The van der Waals surface area contributed by atoms with E-state index in [1.807, 2.05) is 0 Å². The first-order chi connectivity index (χ1) is 16.8. The molecule has 0 spiro atoms. The van der Waals surface area contributed by atoms with Gasteiger partial charge in [-0.15, -0.1) is 0 Å². The highest BCUT2D eigenvalue weighted by Crippen LogP contribution is 2.33. The number of urea groups is 1. The number of nitrogens with one attached hydrogen (secondary N) is 2. The predicted molar refractivity (Wildman–Crippen MR) is 120 cm³/mol. The molecule has 176 valence electrons. The van der Waals surface area contributed by atoms with Gasteiger partial charge in [-0.05, 0) is 42.5 Å². The number of fused-ring (bicyclic) bond motifs is 1. The molecule has 0 aliphatic heterocycles. The molecular formula is C21H15F3N10O. The van der Waals surface area contributed by atoms with Crippen LogP contribution in [-0.4, -0.2) is 40.3 Å². The number of alkyl halides is 3. The Morgan fingerprint density at radius 3 is 2.46 bits per heavy atom. The molecular weight excluding hydrogens is 465 g/mol. The van der Waals surface area contributed by atoms with Crippen molar-refractivity contribution in [2.75, 3.05) is 16.4 Å². The van der Waals surface area contributed by atoms with Crippen molar-refractivity contribution in [1.82, 2.24) is 34.3 Å². The fourth-order valence-corrected chi connectivity index (χ4v) is 3.38. The highest BCUT2D eigenvalue weighted by atomic mass is 19.4. The Bertz CT molecular complexity index is 1510. The molecule has 0 aliphatic carbocycles. The molecule has 0 bridgehead atoms. The second-order valence-corrected chi connectivity index (χ2v) is 7.24. The number of rotatable bonds is 4. The van der Waals surface area contributed by atoms with Crippen LogP contribution in [0.1, 0.15) is 5.56 Å². The minimum atomic E-state index is -4.59. The average molecular weight is 480 g/mol. The molecule has 0 saturated carbocycles. The number of nitrogen functional groups attached to an aromatic ring is 1. The normalized spacial score (nSPS) is 11.5. The molecule has 0 atom stereocenters. The number of hydrogen-bond donors (Lipinski definition) is 3. The van der Waals surface area contributed by atoms with Gasteiger partial charge in [0.05, 0.1) is 16.9 Å². The first kappa shape index (κ1) is 21.8. The van der Waals surface area contributed by atoms with Gasteiger partial charge < -0.3 is 16.4 Å². The number of imidazole rings is 1. The standard InChI is InChI=1S/C21H15F3N10O/c22-21(23,24)12-1-6-16(34-10-26-8-30-34)15(7-12)32-20(35)31-13-2-4-14(5-3-13)33-11-29-17-18(25)27-9-28-19(17)33/h1-11H,(H2,25,27,28)(H2,31,32,35). The highest BCUT2D eigenvalue weighted by Gasteiger charge is 2.31. The Kier molecular flexibility index (Phi) is 5.24. The van der Waals surface area contributed by atoms with Crippen LogP contribution in [0.5, 0.6) is 0 Å². The maximum atomic E-state index is 13.2. The van der Waals surface area contributed by atoms with Crippen molar-refractivity contribution < 1.29 is 18.0 Å². The van der Waals surface area contributed by atoms with Crippen LogP contribution in [0, 0.1) is 0 Å². The minimum absolute atomic E-state index is 0.0957. The van der Waals surface area contributed by atoms with Gasteiger partial charge in [-0.1, -0.05) is 0 Å². The summed E-state index contributed by atoms with van der Waals surface area (Å²) in [6.45, 7) is 0. The highest BCUT2D eigenvalue weighted by molar-refractivity contribution is 6.01. The molecule has 35 heavy (non-hydrogen) atoms. The summed E-state index contributed by atoms with van der Waals surface area (Å²) in [6, 6.07) is 8.85. The van der Waals surface area contributed by atoms with Crippen molar-refractivity contribution in [3.8, 4) is 11.4 Å². The molecule has 5 aromatic rings. The lowest BCUT2D eigenvalue weighted by Crippen LogP contribution is -2.21. The van der Waals surface area contributed by atoms with E-state index < -0.39 is 17.8 Å². The van der Waals surface area contributed by atoms with E-state index in [1.165, 1.54) is 29.7 Å². The number of carbonyl (C=O) groups excluding carboxylic acids is 1. The van der Waals surface area contributed by atoms with Crippen molar-refractivity contribution in [2.24, 2.45) is 0 Å². The van der Waals surface area contributed by atoms with Crippen molar-refractivity contribution in [2.45, 2.75) is 6.18 Å². The molecule has 0 fully saturated rings. The molecule has 0 saturated heterocycles. The maximum absolute atomic E-state index is 13.2. The van der Waals surface area contributed by atoms with Crippen molar-refractivity contribution in [1.29, 1.82) is 0 Å². The summed E-state index contributed by atoms with van der Waals surface area (Å²) in [4.78, 5) is 28.7. The summed E-state index contributed by atoms with van der Waals surface area (Å²) in [7, 11) is 0. The van der Waals surface area contributed by atoms with Crippen LogP contribution in [0.4, 0.5) is 35.2 Å². The van der Waals surface area contributed by atoms with Crippen LogP contribution in [0.2, 0.25) is 0 Å². The average Bonchev–Trinajstić information content (AvgIpc) is 3.50. The number of nitrogens with two attached hydrogens (primary N) is 1. The summed E-state index contributed by atoms with van der Waals surface area (Å²) in [6.07, 6.45) is 0.827. The summed E-state index contributed by atoms with van der Waals surface area (Å²) in [5.41, 5.74) is 7.09. The van der Waals surface area contributed by atoms with Gasteiger partial charge in [0.15, 0.2) is 17.0 Å². The molecule has 3 aromatic heterocycles.